The summed E-state index contributed by atoms with van der Waals surface area (Å²) in [6, 6.07) is 16.0. The number of benzene rings is 2. The lowest BCUT2D eigenvalue weighted by Gasteiger charge is -2.44. The predicted molar refractivity (Wildman–Crippen MR) is 215 cm³/mol. The van der Waals surface area contributed by atoms with E-state index in [1.807, 2.05) is 12.1 Å². The van der Waals surface area contributed by atoms with Gasteiger partial charge in [0, 0.05) is 69.0 Å². The summed E-state index contributed by atoms with van der Waals surface area (Å²) in [4.78, 5) is 71.0. The summed E-state index contributed by atoms with van der Waals surface area (Å²) >= 11 is 6.15. The van der Waals surface area contributed by atoms with E-state index in [9.17, 15) is 24.0 Å². The minimum absolute atomic E-state index is 0.0171. The van der Waals surface area contributed by atoms with Crippen molar-refractivity contribution >= 4 is 52.8 Å². The molecule has 16 nitrogen and oxygen atoms in total. The lowest BCUT2D eigenvalue weighted by Crippen LogP contribution is -2.58. The van der Waals surface area contributed by atoms with Crippen LogP contribution in [-0.2, 0) is 4.79 Å². The van der Waals surface area contributed by atoms with Gasteiger partial charge in [0.05, 0.1) is 34.4 Å². The summed E-state index contributed by atoms with van der Waals surface area (Å²) in [7, 11) is 0. The maximum absolute atomic E-state index is 13.4. The van der Waals surface area contributed by atoms with E-state index in [1.165, 1.54) is 0 Å². The average molecular weight is 821 g/mol. The van der Waals surface area contributed by atoms with Gasteiger partial charge < -0.3 is 19.9 Å². The second kappa shape index (κ2) is 16.1. The first-order valence-corrected chi connectivity index (χ1v) is 20.9. The number of nitrogens with one attached hydrogen (secondary N) is 2. The fourth-order valence-corrected chi connectivity index (χ4v) is 9.88. The van der Waals surface area contributed by atoms with Crippen molar-refractivity contribution in [3.8, 4) is 11.8 Å². The highest BCUT2D eigenvalue weighted by atomic mass is 35.5. The second-order valence-corrected chi connectivity index (χ2v) is 16.8. The number of carbonyl (C=O) groups is 5. The van der Waals surface area contributed by atoms with Gasteiger partial charge in [-0.1, -0.05) is 11.6 Å². The highest BCUT2D eigenvalue weighted by Gasteiger charge is 2.45. The number of anilines is 2. The number of hydrogen-bond acceptors (Lipinski definition) is 12. The monoisotopic (exact) mass is 820 g/mol. The molecule has 306 valence electrons. The van der Waals surface area contributed by atoms with Crippen molar-refractivity contribution in [2.24, 2.45) is 5.92 Å². The van der Waals surface area contributed by atoms with Crippen LogP contribution >= 0.6 is 11.6 Å². The number of aromatic nitrogens is 2. The number of imide groups is 2. The van der Waals surface area contributed by atoms with E-state index in [0.29, 0.717) is 40.0 Å². The molecule has 6 amide bonds. The van der Waals surface area contributed by atoms with E-state index in [1.54, 1.807) is 36.4 Å². The van der Waals surface area contributed by atoms with Gasteiger partial charge >= 0.3 is 6.03 Å². The summed E-state index contributed by atoms with van der Waals surface area (Å²) in [5, 5.41) is 25.4. The van der Waals surface area contributed by atoms with Crippen molar-refractivity contribution < 1.29 is 28.7 Å². The van der Waals surface area contributed by atoms with Gasteiger partial charge in [-0.15, -0.1) is 10.2 Å². The van der Waals surface area contributed by atoms with Crippen molar-refractivity contribution in [3.05, 3.63) is 75.9 Å². The number of urea groups is 1. The molecule has 2 bridgehead atoms. The minimum atomic E-state index is -0.771. The van der Waals surface area contributed by atoms with Crippen LogP contribution in [0.2, 0.25) is 5.02 Å². The molecule has 2 unspecified atom stereocenters. The van der Waals surface area contributed by atoms with E-state index in [-0.39, 0.29) is 42.1 Å². The van der Waals surface area contributed by atoms with Crippen molar-refractivity contribution in [2.45, 2.75) is 82.0 Å². The molecule has 1 aromatic heterocycles. The number of nitrogens with zero attached hydrogens (tertiary/aromatic N) is 8. The molecule has 0 radical (unpaired) electrons. The van der Waals surface area contributed by atoms with Gasteiger partial charge in [-0.3, -0.25) is 29.4 Å². The Morgan fingerprint density at radius 2 is 1.61 bits per heavy atom. The van der Waals surface area contributed by atoms with Gasteiger partial charge in [0.1, 0.15) is 11.8 Å². The third-order valence-electron chi connectivity index (χ3n) is 12.7. The Balaban J connectivity index is 0.725. The highest BCUT2D eigenvalue weighted by molar-refractivity contribution is 6.31. The Morgan fingerprint density at radius 1 is 0.864 bits per heavy atom. The third-order valence-corrected chi connectivity index (χ3v) is 13.0. The molecule has 4 saturated heterocycles. The molecule has 1 saturated carbocycles. The van der Waals surface area contributed by atoms with Crippen LogP contribution in [0.25, 0.3) is 0 Å². The summed E-state index contributed by atoms with van der Waals surface area (Å²) in [5.41, 5.74) is 2.17. The van der Waals surface area contributed by atoms with Gasteiger partial charge in [0.2, 0.25) is 5.91 Å². The molecule has 2 N–H and O–H groups in total. The second-order valence-electron chi connectivity index (χ2n) is 16.4. The molecule has 59 heavy (non-hydrogen) atoms. The number of hydrogen-bond donors (Lipinski definition) is 2. The lowest BCUT2D eigenvalue weighted by atomic mass is 9.92. The number of halogens is 1. The average Bonchev–Trinajstić information content (AvgIpc) is 3.65. The Hall–Kier alpha value is -5.79. The summed E-state index contributed by atoms with van der Waals surface area (Å²) < 4.78 is 6.09. The number of amides is 6. The first-order chi connectivity index (χ1) is 28.6. The minimum Gasteiger partial charge on any atom is -0.490 e. The number of hydrazine groups is 1. The van der Waals surface area contributed by atoms with Crippen LogP contribution in [-0.4, -0.2) is 118 Å². The van der Waals surface area contributed by atoms with E-state index in [4.69, 9.17) is 21.6 Å². The normalized spacial score (nSPS) is 24.9. The quantitative estimate of drug-likeness (QED) is 0.295. The number of piperidine rings is 1. The Morgan fingerprint density at radius 3 is 2.29 bits per heavy atom. The summed E-state index contributed by atoms with van der Waals surface area (Å²) in [6.07, 6.45) is 7.35. The summed E-state index contributed by atoms with van der Waals surface area (Å²) in [6.45, 7) is 4.57. The molecule has 5 fully saturated rings. The molecular weight excluding hydrogens is 776 g/mol. The molecule has 0 spiro atoms. The number of nitriles is 1. The zero-order valence-corrected chi connectivity index (χ0v) is 33.3. The molecule has 9 rings (SSSR count). The van der Waals surface area contributed by atoms with E-state index >= 15 is 0 Å². The largest absolute Gasteiger partial charge is 0.490 e. The molecule has 6 heterocycles. The fourth-order valence-electron chi connectivity index (χ4n) is 9.66. The maximum atomic E-state index is 13.4. The van der Waals surface area contributed by atoms with Gasteiger partial charge in [-0.2, -0.15) is 10.3 Å². The third kappa shape index (κ3) is 7.76. The van der Waals surface area contributed by atoms with E-state index in [0.717, 1.165) is 106 Å². The molecule has 2 aromatic carbocycles. The highest BCUT2D eigenvalue weighted by Crippen LogP contribution is 2.38. The van der Waals surface area contributed by atoms with Crippen LogP contribution in [0.15, 0.2) is 48.5 Å². The van der Waals surface area contributed by atoms with Crippen molar-refractivity contribution in [1.29, 1.82) is 5.26 Å². The number of ether oxygens (including phenoxy) is 1. The number of likely N-dealkylation sites (tertiary alicyclic amines) is 1. The van der Waals surface area contributed by atoms with Crippen molar-refractivity contribution in [1.82, 2.24) is 35.7 Å². The maximum Gasteiger partial charge on any atom is 0.343 e. The van der Waals surface area contributed by atoms with Crippen LogP contribution in [0.1, 0.15) is 94.6 Å². The Kier molecular flexibility index (Phi) is 10.6. The number of rotatable bonds is 9. The van der Waals surface area contributed by atoms with E-state index < -0.39 is 23.8 Å². The van der Waals surface area contributed by atoms with Crippen LogP contribution in [0.3, 0.4) is 0 Å². The SMILES string of the molecule is N#Cc1ccc(OC2CCC(NC(=O)c3ccc(N4CCC(CN5CC6CCC(C5)N6c5ccc6c(c5)C(=O)N(N5CCC(=O)NC5=O)C6=O)CC4)nn3)CC2)cc1Cl. The van der Waals surface area contributed by atoms with Crippen molar-refractivity contribution in [2.75, 3.05) is 49.1 Å². The van der Waals surface area contributed by atoms with Crippen LogP contribution in [0.4, 0.5) is 16.3 Å². The van der Waals surface area contributed by atoms with Crippen LogP contribution < -0.4 is 25.2 Å². The molecule has 1 aliphatic carbocycles. The molecule has 17 heteroatoms. The summed E-state index contributed by atoms with van der Waals surface area (Å²) in [5.74, 6) is 0.200. The van der Waals surface area contributed by atoms with Gasteiger partial charge in [-0.25, -0.2) is 9.80 Å². The Labute approximate surface area is 346 Å². The topological polar surface area (TPSA) is 184 Å². The first-order valence-electron chi connectivity index (χ1n) is 20.5. The van der Waals surface area contributed by atoms with Crippen LogP contribution in [0.5, 0.6) is 5.75 Å². The molecule has 3 aromatic rings. The predicted octanol–water partition coefficient (Wildman–Crippen LogP) is 4.14. The lowest BCUT2D eigenvalue weighted by molar-refractivity contribution is -0.122. The number of carbonyl (C=O) groups excluding carboxylic acids is 5. The smallest absolute Gasteiger partial charge is 0.343 e. The zero-order chi connectivity index (χ0) is 40.8. The zero-order valence-electron chi connectivity index (χ0n) is 32.5. The molecular formula is C42H45ClN10O6. The van der Waals surface area contributed by atoms with Crippen LogP contribution in [0, 0.1) is 17.2 Å². The van der Waals surface area contributed by atoms with Gasteiger partial charge in [-0.05, 0) is 99.7 Å². The number of fused-ring (bicyclic) bond motifs is 3. The van der Waals surface area contributed by atoms with Gasteiger partial charge in [0.25, 0.3) is 17.7 Å². The van der Waals surface area contributed by atoms with Crippen molar-refractivity contribution in [3.63, 3.8) is 0 Å². The van der Waals surface area contributed by atoms with E-state index in [2.05, 4.69) is 41.6 Å². The molecule has 2 atom stereocenters. The molecule has 6 aliphatic rings. The first kappa shape index (κ1) is 38.7. The molecule has 5 aliphatic heterocycles. The van der Waals surface area contributed by atoms with Gasteiger partial charge in [0.15, 0.2) is 11.5 Å². The number of piperazine rings is 1. The standard InChI is InChI=1S/C42H45ClN10O6/c43-35-20-32(7-1-26(35)21-44)59-31-8-2-27(3-9-31)45-39(55)36-11-12-37(48-47-36)50-16-13-25(14-17-50)22-49-23-29-4-5-30(24-49)52(29)28-6-10-33-34(19-28)41(57)53(40(33)56)51-18-15-38(54)46-42(51)58/h1,6-7,10-12,19-20,25,27,29-31H,2-5,8-9,13-18,22-24H2,(H,45,55)(H,46,54,58). The fraction of sp³-hybridized carbons (Fsp3) is 0.476. The Bertz CT molecular complexity index is 2200.